The molecular weight excluding hydrogens is 152 g/mol. The van der Waals surface area contributed by atoms with E-state index in [1.807, 2.05) is 20.9 Å². The van der Waals surface area contributed by atoms with Gasteiger partial charge in [0.1, 0.15) is 0 Å². The summed E-state index contributed by atoms with van der Waals surface area (Å²) >= 11 is 0. The Morgan fingerprint density at radius 1 is 1.58 bits per heavy atom. The number of nitrogens with zero attached hydrogens (tertiary/aromatic N) is 2. The van der Waals surface area contributed by atoms with Crippen LogP contribution in [0.2, 0.25) is 0 Å². The quantitative estimate of drug-likeness (QED) is 0.560. The zero-order valence-corrected chi connectivity index (χ0v) is 8.21. The maximum Gasteiger partial charge on any atom is 0.0666 e. The van der Waals surface area contributed by atoms with E-state index >= 15 is 0 Å². The van der Waals surface area contributed by atoms with Gasteiger partial charge in [0.25, 0.3) is 0 Å². The molecule has 0 radical (unpaired) electrons. The van der Waals surface area contributed by atoms with E-state index in [9.17, 15) is 0 Å². The van der Waals surface area contributed by atoms with Crippen LogP contribution >= 0.6 is 0 Å². The molecule has 1 atom stereocenters. The first-order valence-electron chi connectivity index (χ1n) is 4.36. The highest BCUT2D eigenvalue weighted by molar-refractivity contribution is 4.80. The Hall–Kier alpha value is -0.590. The monoisotopic (exact) mass is 170 g/mol. The van der Waals surface area contributed by atoms with E-state index in [1.54, 1.807) is 0 Å². The molecule has 0 amide bonds. The van der Waals surface area contributed by atoms with E-state index in [2.05, 4.69) is 11.0 Å². The van der Waals surface area contributed by atoms with Crippen LogP contribution in [-0.4, -0.2) is 38.3 Å². The van der Waals surface area contributed by atoms with E-state index in [0.29, 0.717) is 0 Å². The predicted octanol–water partition coefficient (Wildman–Crippen LogP) is 1.11. The zero-order valence-electron chi connectivity index (χ0n) is 8.21. The van der Waals surface area contributed by atoms with Gasteiger partial charge in [0, 0.05) is 19.7 Å². The van der Waals surface area contributed by atoms with E-state index in [0.717, 1.165) is 26.3 Å². The molecule has 3 nitrogen and oxygen atoms in total. The van der Waals surface area contributed by atoms with Crippen LogP contribution in [0.5, 0.6) is 0 Å². The van der Waals surface area contributed by atoms with Crippen molar-refractivity contribution in [3.8, 4) is 6.07 Å². The number of nitriles is 1. The van der Waals surface area contributed by atoms with Crippen molar-refractivity contribution in [2.24, 2.45) is 5.92 Å². The molecule has 12 heavy (non-hydrogen) atoms. The van der Waals surface area contributed by atoms with Crippen molar-refractivity contribution in [1.82, 2.24) is 4.90 Å². The van der Waals surface area contributed by atoms with Crippen molar-refractivity contribution < 1.29 is 4.74 Å². The molecule has 0 rings (SSSR count). The molecule has 0 saturated carbocycles. The van der Waals surface area contributed by atoms with E-state index < -0.39 is 0 Å². The van der Waals surface area contributed by atoms with Crippen LogP contribution in [0.15, 0.2) is 0 Å². The summed E-state index contributed by atoms with van der Waals surface area (Å²) in [4.78, 5) is 2.11. The van der Waals surface area contributed by atoms with Crippen LogP contribution in [0.4, 0.5) is 0 Å². The summed E-state index contributed by atoms with van der Waals surface area (Å²) in [5.74, 6) is 0.108. The second-order valence-corrected chi connectivity index (χ2v) is 2.99. The minimum absolute atomic E-state index is 0.108. The fourth-order valence-corrected chi connectivity index (χ4v) is 0.964. The Morgan fingerprint density at radius 3 is 2.75 bits per heavy atom. The first kappa shape index (κ1) is 11.4. The second-order valence-electron chi connectivity index (χ2n) is 2.99. The van der Waals surface area contributed by atoms with Gasteiger partial charge < -0.3 is 9.64 Å². The minimum atomic E-state index is 0.108. The molecular formula is C9H18N2O. The van der Waals surface area contributed by atoms with Crippen molar-refractivity contribution in [3.05, 3.63) is 0 Å². The number of likely N-dealkylation sites (N-methyl/N-ethyl adjacent to an activating group) is 1. The molecule has 0 aliphatic carbocycles. The molecule has 0 heterocycles. The average molecular weight is 170 g/mol. The molecule has 0 aromatic carbocycles. The third-order valence-electron chi connectivity index (χ3n) is 1.63. The first-order chi connectivity index (χ1) is 5.70. The lowest BCUT2D eigenvalue weighted by molar-refractivity contribution is 0.120. The topological polar surface area (TPSA) is 36.3 Å². The predicted molar refractivity (Wildman–Crippen MR) is 48.8 cm³/mol. The molecule has 0 saturated heterocycles. The maximum absolute atomic E-state index is 8.55. The highest BCUT2D eigenvalue weighted by Gasteiger charge is 2.03. The number of ether oxygens (including phenoxy) is 1. The van der Waals surface area contributed by atoms with Crippen molar-refractivity contribution in [1.29, 1.82) is 5.26 Å². The summed E-state index contributed by atoms with van der Waals surface area (Å²) in [7, 11) is 2.01. The molecule has 0 bridgehead atoms. The van der Waals surface area contributed by atoms with Gasteiger partial charge in [0.05, 0.1) is 18.6 Å². The van der Waals surface area contributed by atoms with Gasteiger partial charge in [-0.2, -0.15) is 5.26 Å². The number of hydrogen-bond acceptors (Lipinski definition) is 3. The molecule has 0 aliphatic rings. The van der Waals surface area contributed by atoms with Crippen LogP contribution in [0.25, 0.3) is 0 Å². The van der Waals surface area contributed by atoms with Crippen LogP contribution < -0.4 is 0 Å². The van der Waals surface area contributed by atoms with Gasteiger partial charge in [-0.25, -0.2) is 0 Å². The Balaban J connectivity index is 3.34. The normalized spacial score (nSPS) is 12.9. The van der Waals surface area contributed by atoms with Gasteiger partial charge in [-0.05, 0) is 20.9 Å². The van der Waals surface area contributed by atoms with Crippen LogP contribution in [-0.2, 0) is 4.74 Å². The van der Waals surface area contributed by atoms with Crippen LogP contribution in [0, 0.1) is 17.2 Å². The van der Waals surface area contributed by atoms with E-state index in [-0.39, 0.29) is 5.92 Å². The van der Waals surface area contributed by atoms with Gasteiger partial charge in [-0.3, -0.25) is 0 Å². The minimum Gasteiger partial charge on any atom is -0.380 e. The highest BCUT2D eigenvalue weighted by atomic mass is 16.5. The molecule has 0 spiro atoms. The Kier molecular flexibility index (Phi) is 6.73. The molecule has 0 aromatic rings. The lowest BCUT2D eigenvalue weighted by Crippen LogP contribution is -2.27. The van der Waals surface area contributed by atoms with Crippen LogP contribution in [0.1, 0.15) is 13.8 Å². The third kappa shape index (κ3) is 6.14. The molecule has 0 fully saturated rings. The maximum atomic E-state index is 8.55. The zero-order chi connectivity index (χ0) is 9.40. The third-order valence-corrected chi connectivity index (χ3v) is 1.63. The summed E-state index contributed by atoms with van der Waals surface area (Å²) in [5, 5.41) is 8.55. The summed E-state index contributed by atoms with van der Waals surface area (Å²) in [5.41, 5.74) is 0. The standard InChI is InChI=1S/C9H18N2O/c1-4-12-6-5-11(3)8-9(2)7-10/h9H,4-6,8H2,1-3H3. The average Bonchev–Trinajstić information content (AvgIpc) is 2.05. The van der Waals surface area contributed by atoms with Gasteiger partial charge in [-0.1, -0.05) is 0 Å². The Morgan fingerprint density at radius 2 is 2.25 bits per heavy atom. The smallest absolute Gasteiger partial charge is 0.0666 e. The second kappa shape index (κ2) is 7.08. The summed E-state index contributed by atoms with van der Waals surface area (Å²) in [6.45, 7) is 7.16. The Bertz CT molecular complexity index is 142. The van der Waals surface area contributed by atoms with Crippen molar-refractivity contribution >= 4 is 0 Å². The van der Waals surface area contributed by atoms with Gasteiger partial charge >= 0.3 is 0 Å². The van der Waals surface area contributed by atoms with Crippen molar-refractivity contribution in [2.75, 3.05) is 33.4 Å². The molecule has 1 unspecified atom stereocenters. The van der Waals surface area contributed by atoms with E-state index in [1.165, 1.54) is 0 Å². The van der Waals surface area contributed by atoms with Crippen LogP contribution in [0.3, 0.4) is 0 Å². The molecule has 70 valence electrons. The summed E-state index contributed by atoms with van der Waals surface area (Å²) in [6, 6.07) is 2.20. The lowest BCUT2D eigenvalue weighted by atomic mass is 10.2. The fourth-order valence-electron chi connectivity index (χ4n) is 0.964. The SMILES string of the molecule is CCOCCN(C)CC(C)C#N. The first-order valence-corrected chi connectivity index (χ1v) is 4.36. The summed E-state index contributed by atoms with van der Waals surface area (Å²) < 4.78 is 5.19. The lowest BCUT2D eigenvalue weighted by Gasteiger charge is -2.16. The molecule has 3 heteroatoms. The Labute approximate surface area is 74.9 Å². The number of rotatable bonds is 6. The van der Waals surface area contributed by atoms with Crippen molar-refractivity contribution in [2.45, 2.75) is 13.8 Å². The molecule has 0 aliphatic heterocycles. The summed E-state index contributed by atoms with van der Waals surface area (Å²) in [6.07, 6.45) is 0. The van der Waals surface area contributed by atoms with Gasteiger partial charge in [-0.15, -0.1) is 0 Å². The van der Waals surface area contributed by atoms with Gasteiger partial charge in [0.15, 0.2) is 0 Å². The molecule has 0 aromatic heterocycles. The molecule has 0 N–H and O–H groups in total. The largest absolute Gasteiger partial charge is 0.380 e. The fraction of sp³-hybridized carbons (Fsp3) is 0.889. The highest BCUT2D eigenvalue weighted by Crippen LogP contribution is 1.94. The van der Waals surface area contributed by atoms with Crippen molar-refractivity contribution in [3.63, 3.8) is 0 Å². The van der Waals surface area contributed by atoms with Gasteiger partial charge in [0.2, 0.25) is 0 Å². The van der Waals surface area contributed by atoms with E-state index in [4.69, 9.17) is 10.00 Å². The number of hydrogen-bond donors (Lipinski definition) is 0.